The van der Waals surface area contributed by atoms with Gasteiger partial charge in [-0.15, -0.1) is 0 Å². The first-order valence-corrected chi connectivity index (χ1v) is 6.00. The van der Waals surface area contributed by atoms with E-state index in [0.29, 0.717) is 5.75 Å². The van der Waals surface area contributed by atoms with Crippen molar-refractivity contribution < 1.29 is 5.11 Å². The van der Waals surface area contributed by atoms with Crippen LogP contribution < -0.4 is 0 Å². The molecule has 0 saturated carbocycles. The number of hydrogen-bond acceptors (Lipinski definition) is 1. The van der Waals surface area contributed by atoms with Crippen LogP contribution in [0, 0.1) is 6.92 Å². The van der Waals surface area contributed by atoms with Crippen LogP contribution in [0.5, 0.6) is 5.75 Å². The van der Waals surface area contributed by atoms with Crippen LogP contribution in [0.25, 0.3) is 10.8 Å². The molecule has 0 aliphatic heterocycles. The summed E-state index contributed by atoms with van der Waals surface area (Å²) in [5, 5.41) is 12.4. The van der Waals surface area contributed by atoms with Crippen molar-refractivity contribution in [3.8, 4) is 5.75 Å². The second-order valence-electron chi connectivity index (χ2n) is 4.78. The van der Waals surface area contributed by atoms with Crippen LogP contribution in [0.2, 0.25) is 0 Å². The second-order valence-corrected chi connectivity index (χ2v) is 4.78. The first kappa shape index (κ1) is 9.71. The van der Waals surface area contributed by atoms with E-state index in [4.69, 9.17) is 0 Å². The van der Waals surface area contributed by atoms with Crippen molar-refractivity contribution in [1.82, 2.24) is 0 Å². The Morgan fingerprint density at radius 1 is 1.00 bits per heavy atom. The van der Waals surface area contributed by atoms with Gasteiger partial charge < -0.3 is 5.11 Å². The van der Waals surface area contributed by atoms with Gasteiger partial charge in [-0.2, -0.15) is 0 Å². The molecule has 0 radical (unpaired) electrons. The van der Waals surface area contributed by atoms with Crippen LogP contribution in [0.15, 0.2) is 24.3 Å². The highest BCUT2D eigenvalue weighted by molar-refractivity contribution is 5.90. The summed E-state index contributed by atoms with van der Waals surface area (Å²) in [6.45, 7) is 2.16. The number of phenols is 1. The number of benzene rings is 2. The Bertz CT molecular complexity index is 555. The first-order valence-electron chi connectivity index (χ1n) is 6.00. The molecule has 2 aromatic carbocycles. The molecular weight excluding hydrogens is 196 g/mol. The summed E-state index contributed by atoms with van der Waals surface area (Å²) in [7, 11) is 0. The van der Waals surface area contributed by atoms with Crippen molar-refractivity contribution in [2.45, 2.75) is 32.6 Å². The van der Waals surface area contributed by atoms with Gasteiger partial charge in [0.25, 0.3) is 0 Å². The summed E-state index contributed by atoms with van der Waals surface area (Å²) >= 11 is 0. The van der Waals surface area contributed by atoms with Gasteiger partial charge in [-0.05, 0) is 60.7 Å². The molecule has 1 aliphatic rings. The lowest BCUT2D eigenvalue weighted by Crippen LogP contribution is -1.89. The van der Waals surface area contributed by atoms with Crippen LogP contribution in [0.4, 0.5) is 0 Å². The predicted molar refractivity (Wildman–Crippen MR) is 67.0 cm³/mol. The van der Waals surface area contributed by atoms with Crippen molar-refractivity contribution in [2.24, 2.45) is 0 Å². The average molecular weight is 212 g/mol. The Morgan fingerprint density at radius 2 is 1.75 bits per heavy atom. The largest absolute Gasteiger partial charge is 0.507 e. The van der Waals surface area contributed by atoms with Crippen LogP contribution in [-0.2, 0) is 12.8 Å². The molecular formula is C15H16O. The van der Waals surface area contributed by atoms with Crippen molar-refractivity contribution in [2.75, 3.05) is 0 Å². The summed E-state index contributed by atoms with van der Waals surface area (Å²) in [5.74, 6) is 0.501. The van der Waals surface area contributed by atoms with Crippen molar-refractivity contribution in [3.63, 3.8) is 0 Å². The molecule has 3 bridgehead atoms. The maximum Gasteiger partial charge on any atom is 0.126 e. The van der Waals surface area contributed by atoms with Gasteiger partial charge in [-0.3, -0.25) is 0 Å². The van der Waals surface area contributed by atoms with Gasteiger partial charge in [-0.25, -0.2) is 0 Å². The fourth-order valence-corrected chi connectivity index (χ4v) is 2.66. The van der Waals surface area contributed by atoms with E-state index in [1.807, 2.05) is 0 Å². The SMILES string of the molecule is Cc1cc2ccc3c(O)c2cc1CCCC3. The highest BCUT2D eigenvalue weighted by Gasteiger charge is 2.11. The molecule has 0 aromatic heterocycles. The number of phenolic OH excluding ortho intramolecular Hbond substituents is 1. The molecule has 0 atom stereocenters. The van der Waals surface area contributed by atoms with Crippen LogP contribution >= 0.6 is 0 Å². The number of rotatable bonds is 0. The molecule has 1 N–H and O–H groups in total. The quantitative estimate of drug-likeness (QED) is 0.705. The Kier molecular flexibility index (Phi) is 2.13. The minimum atomic E-state index is 0.501. The van der Waals surface area contributed by atoms with Gasteiger partial charge >= 0.3 is 0 Å². The van der Waals surface area contributed by atoms with Crippen molar-refractivity contribution in [3.05, 3.63) is 41.0 Å². The lowest BCUT2D eigenvalue weighted by atomic mass is 9.98. The first-order chi connectivity index (χ1) is 7.75. The molecule has 0 heterocycles. The summed E-state index contributed by atoms with van der Waals surface area (Å²) in [4.78, 5) is 0. The maximum absolute atomic E-state index is 10.2. The Morgan fingerprint density at radius 3 is 2.56 bits per heavy atom. The highest BCUT2D eigenvalue weighted by Crippen LogP contribution is 2.33. The monoisotopic (exact) mass is 212 g/mol. The van der Waals surface area contributed by atoms with Crippen molar-refractivity contribution >= 4 is 10.8 Å². The van der Waals surface area contributed by atoms with Crippen LogP contribution in [0.3, 0.4) is 0 Å². The van der Waals surface area contributed by atoms with Crippen molar-refractivity contribution in [1.29, 1.82) is 0 Å². The van der Waals surface area contributed by atoms with Gasteiger partial charge in [0, 0.05) is 5.39 Å². The van der Waals surface area contributed by atoms with Gasteiger partial charge in [0.2, 0.25) is 0 Å². The Balaban J connectivity index is 2.40. The summed E-state index contributed by atoms with van der Waals surface area (Å²) in [6.07, 6.45) is 4.51. The highest BCUT2D eigenvalue weighted by atomic mass is 16.3. The standard InChI is InChI=1S/C15H16O/c1-10-8-13-7-6-11-4-2-3-5-12(10)9-14(13)15(11)16/h6-9,16H,2-5H2,1H3. The maximum atomic E-state index is 10.2. The lowest BCUT2D eigenvalue weighted by Gasteiger charge is -2.09. The second kappa shape index (κ2) is 3.51. The molecule has 1 aliphatic carbocycles. The summed E-state index contributed by atoms with van der Waals surface area (Å²) < 4.78 is 0. The minimum absolute atomic E-state index is 0.501. The zero-order valence-electron chi connectivity index (χ0n) is 9.59. The lowest BCUT2D eigenvalue weighted by molar-refractivity contribution is 0.473. The predicted octanol–water partition coefficient (Wildman–Crippen LogP) is 3.73. The number of aryl methyl sites for hydroxylation is 3. The topological polar surface area (TPSA) is 20.2 Å². The smallest absolute Gasteiger partial charge is 0.126 e. The van der Waals surface area contributed by atoms with Gasteiger partial charge in [0.1, 0.15) is 5.75 Å². The van der Waals surface area contributed by atoms with E-state index >= 15 is 0 Å². The number of hydrogen-bond donors (Lipinski definition) is 1. The molecule has 0 fully saturated rings. The molecule has 1 nitrogen and oxygen atoms in total. The van der Waals surface area contributed by atoms with Gasteiger partial charge in [-0.1, -0.05) is 18.2 Å². The van der Waals surface area contributed by atoms with E-state index in [1.54, 1.807) is 0 Å². The minimum Gasteiger partial charge on any atom is -0.507 e. The number of aromatic hydroxyl groups is 1. The molecule has 1 heteroatoms. The molecule has 16 heavy (non-hydrogen) atoms. The van der Waals surface area contributed by atoms with E-state index in [9.17, 15) is 5.11 Å². The van der Waals surface area contributed by atoms with Gasteiger partial charge in [0.05, 0.1) is 0 Å². The zero-order valence-corrected chi connectivity index (χ0v) is 9.59. The molecule has 0 spiro atoms. The van der Waals surface area contributed by atoms with E-state index in [2.05, 4.69) is 31.2 Å². The third kappa shape index (κ3) is 1.39. The average Bonchev–Trinajstić information content (AvgIpc) is 2.31. The fourth-order valence-electron chi connectivity index (χ4n) is 2.66. The van der Waals surface area contributed by atoms with E-state index in [-0.39, 0.29) is 0 Å². The van der Waals surface area contributed by atoms with Gasteiger partial charge in [0.15, 0.2) is 0 Å². The molecule has 0 saturated heterocycles. The Labute approximate surface area is 95.7 Å². The van der Waals surface area contributed by atoms with Crippen LogP contribution in [0.1, 0.15) is 29.5 Å². The molecule has 82 valence electrons. The normalized spacial score (nSPS) is 15.1. The van der Waals surface area contributed by atoms with E-state index in [1.165, 1.54) is 17.5 Å². The summed E-state index contributed by atoms with van der Waals surface area (Å²) in [5.41, 5.74) is 3.84. The van der Waals surface area contributed by atoms with E-state index in [0.717, 1.165) is 35.6 Å². The third-order valence-electron chi connectivity index (χ3n) is 3.67. The molecule has 3 rings (SSSR count). The Hall–Kier alpha value is -1.50. The molecule has 0 amide bonds. The summed E-state index contributed by atoms with van der Waals surface area (Å²) in [6, 6.07) is 8.57. The number of fused-ring (bicyclic) bond motifs is 2. The fraction of sp³-hybridized carbons (Fsp3) is 0.333. The third-order valence-corrected chi connectivity index (χ3v) is 3.67. The molecule has 0 unspecified atom stereocenters. The molecule has 2 aromatic rings. The van der Waals surface area contributed by atoms with E-state index < -0.39 is 0 Å². The van der Waals surface area contributed by atoms with Crippen LogP contribution in [-0.4, -0.2) is 5.11 Å². The zero-order chi connectivity index (χ0) is 11.1.